The topological polar surface area (TPSA) is 0 Å². The monoisotopic (exact) mass is 404 g/mol. The molecule has 0 atom stereocenters. The molecule has 0 radical (unpaired) electrons. The summed E-state index contributed by atoms with van der Waals surface area (Å²) in [6.45, 7) is 1.65. The van der Waals surface area contributed by atoms with Crippen molar-refractivity contribution in [2.75, 3.05) is 0 Å². The lowest BCUT2D eigenvalue weighted by atomic mass is 9.95. The summed E-state index contributed by atoms with van der Waals surface area (Å²) in [5.74, 6) is -7.04. The van der Waals surface area contributed by atoms with Gasteiger partial charge in [0.1, 0.15) is 34.7 Å². The predicted octanol–water partition coefficient (Wildman–Crippen LogP) is 5.51. The Bertz CT molecular complexity index is 1060. The number of allylic oxidation sites excluding steroid dienone is 8. The molecule has 1 aromatic rings. The third-order valence-electron chi connectivity index (χ3n) is 4.42. The largest absolute Gasteiger partial charge is 0.421 e. The van der Waals surface area contributed by atoms with Crippen molar-refractivity contribution in [2.45, 2.75) is 25.9 Å². The molecule has 0 spiro atoms. The van der Waals surface area contributed by atoms with Crippen LogP contribution in [0.15, 0.2) is 59.0 Å². The Hall–Kier alpha value is -2.64. The molecule has 0 N–H and O–H groups in total. The van der Waals surface area contributed by atoms with Crippen LogP contribution in [0.25, 0.3) is 11.1 Å². The Balaban J connectivity index is 2.19. The number of hydrogen-bond acceptors (Lipinski definition) is 0. The van der Waals surface area contributed by atoms with Gasteiger partial charge in [0.25, 0.3) is 0 Å². The van der Waals surface area contributed by atoms with Crippen LogP contribution in [0, 0.1) is 11.6 Å². The van der Waals surface area contributed by atoms with E-state index in [1.165, 1.54) is 6.08 Å². The predicted molar refractivity (Wildman–Crippen MR) is 88.0 cm³/mol. The Morgan fingerprint density at radius 1 is 0.857 bits per heavy atom. The normalized spacial score (nSPS) is 18.2. The van der Waals surface area contributed by atoms with Crippen molar-refractivity contribution >= 4 is 11.1 Å². The molecule has 0 aliphatic heterocycles. The van der Waals surface area contributed by atoms with Crippen molar-refractivity contribution in [3.8, 4) is 0 Å². The van der Waals surface area contributed by atoms with E-state index < -0.39 is 58.1 Å². The highest BCUT2D eigenvalue weighted by atomic mass is 19.4. The van der Waals surface area contributed by atoms with Crippen molar-refractivity contribution in [3.63, 3.8) is 0 Å². The lowest BCUT2D eigenvalue weighted by Gasteiger charge is -2.17. The minimum Gasteiger partial charge on any atom is -0.211 e. The fraction of sp³-hybridized carbons (Fsp3) is 0.200. The van der Waals surface area contributed by atoms with Crippen LogP contribution in [-0.2, 0) is 0 Å². The second-order valence-electron chi connectivity index (χ2n) is 6.41. The third-order valence-corrected chi connectivity index (χ3v) is 4.42. The molecule has 148 valence electrons. The SMILES string of the molecule is CC1=CCC(=c2cc(F)c(=C3C=C(F)C(C(F)(F)F)=C(F)C3)c(F)c2)C(F)=C1. The first kappa shape index (κ1) is 20.1. The average Bonchev–Trinajstić information content (AvgIpc) is 2.51. The van der Waals surface area contributed by atoms with Gasteiger partial charge in [-0.2, -0.15) is 13.2 Å². The number of halogens is 8. The van der Waals surface area contributed by atoms with Gasteiger partial charge < -0.3 is 0 Å². The number of alkyl halides is 3. The summed E-state index contributed by atoms with van der Waals surface area (Å²) in [4.78, 5) is 0. The summed E-state index contributed by atoms with van der Waals surface area (Å²) in [6, 6.07) is 1.57. The molecule has 0 unspecified atom stereocenters. The molecule has 1 aromatic carbocycles. The lowest BCUT2D eigenvalue weighted by molar-refractivity contribution is -0.0931. The lowest BCUT2D eigenvalue weighted by Crippen LogP contribution is -2.25. The molecule has 8 heteroatoms. The Morgan fingerprint density at radius 3 is 1.96 bits per heavy atom. The molecule has 0 nitrogen and oxygen atoms in total. The fourth-order valence-corrected chi connectivity index (χ4v) is 3.13. The van der Waals surface area contributed by atoms with E-state index in [1.54, 1.807) is 13.0 Å². The van der Waals surface area contributed by atoms with E-state index >= 15 is 0 Å². The third kappa shape index (κ3) is 3.68. The van der Waals surface area contributed by atoms with E-state index in [0.29, 0.717) is 5.57 Å². The molecule has 0 aromatic heterocycles. The van der Waals surface area contributed by atoms with Gasteiger partial charge in [-0.15, -0.1) is 0 Å². The van der Waals surface area contributed by atoms with Crippen LogP contribution in [0.1, 0.15) is 19.8 Å². The zero-order valence-electron chi connectivity index (χ0n) is 14.3. The standard InChI is InChI=1S/C20H12F8/c1-9-2-3-12(13(21)4-9)10-5-14(22)18(15(23)6-10)11-7-16(24)19(17(25)8-11)20(26,27)28/h2,4-7H,3,8H2,1H3. The first-order chi connectivity index (χ1) is 13.0. The molecule has 28 heavy (non-hydrogen) atoms. The van der Waals surface area contributed by atoms with Gasteiger partial charge in [0.15, 0.2) is 0 Å². The summed E-state index contributed by atoms with van der Waals surface area (Å²) in [5.41, 5.74) is -2.05. The van der Waals surface area contributed by atoms with Crippen LogP contribution < -0.4 is 10.4 Å². The van der Waals surface area contributed by atoms with E-state index in [4.69, 9.17) is 0 Å². The zero-order chi connectivity index (χ0) is 20.8. The highest BCUT2D eigenvalue weighted by Gasteiger charge is 2.41. The second-order valence-corrected chi connectivity index (χ2v) is 6.41. The molecule has 0 amide bonds. The summed E-state index contributed by atoms with van der Waals surface area (Å²) in [5, 5.41) is -0.966. The van der Waals surface area contributed by atoms with Crippen LogP contribution in [0.2, 0.25) is 0 Å². The van der Waals surface area contributed by atoms with Crippen LogP contribution >= 0.6 is 0 Å². The molecule has 0 heterocycles. The fourth-order valence-electron chi connectivity index (χ4n) is 3.13. The first-order valence-electron chi connectivity index (χ1n) is 8.08. The maximum atomic E-state index is 14.5. The molecule has 0 saturated carbocycles. The maximum absolute atomic E-state index is 14.5. The molecular formula is C20H12F8. The van der Waals surface area contributed by atoms with E-state index in [1.807, 2.05) is 0 Å². The van der Waals surface area contributed by atoms with Crippen molar-refractivity contribution in [3.05, 3.63) is 81.1 Å². The van der Waals surface area contributed by atoms with Gasteiger partial charge in [-0.05, 0) is 54.0 Å². The minimum absolute atomic E-state index is 0.0238. The molecule has 3 rings (SSSR count). The molecule has 0 fully saturated rings. The van der Waals surface area contributed by atoms with Crippen LogP contribution in [0.4, 0.5) is 35.1 Å². The average molecular weight is 404 g/mol. The van der Waals surface area contributed by atoms with Gasteiger partial charge in [-0.25, -0.2) is 22.0 Å². The van der Waals surface area contributed by atoms with Crippen LogP contribution in [-0.4, -0.2) is 6.18 Å². The van der Waals surface area contributed by atoms with Crippen molar-refractivity contribution in [1.29, 1.82) is 0 Å². The van der Waals surface area contributed by atoms with Gasteiger partial charge >= 0.3 is 6.18 Å². The van der Waals surface area contributed by atoms with Crippen molar-refractivity contribution in [1.82, 2.24) is 0 Å². The van der Waals surface area contributed by atoms with Gasteiger partial charge in [0.05, 0.1) is 0 Å². The molecule has 2 aliphatic rings. The van der Waals surface area contributed by atoms with Gasteiger partial charge in [0, 0.05) is 11.6 Å². The summed E-state index contributed by atoms with van der Waals surface area (Å²) in [6.07, 6.45) is -3.21. The number of rotatable bonds is 0. The Morgan fingerprint density at radius 2 is 1.46 bits per heavy atom. The quantitative estimate of drug-likeness (QED) is 0.500. The highest BCUT2D eigenvalue weighted by molar-refractivity contribution is 5.68. The summed E-state index contributed by atoms with van der Waals surface area (Å²) in [7, 11) is 0. The molecule has 0 saturated heterocycles. The Labute approximate surface area is 154 Å². The molecule has 2 aliphatic carbocycles. The Kier molecular flexibility index (Phi) is 5.08. The van der Waals surface area contributed by atoms with Crippen molar-refractivity contribution < 1.29 is 35.1 Å². The van der Waals surface area contributed by atoms with Gasteiger partial charge in [-0.3, -0.25) is 0 Å². The summed E-state index contributed by atoms with van der Waals surface area (Å²) < 4.78 is 109. The van der Waals surface area contributed by atoms with Gasteiger partial charge in [0.2, 0.25) is 0 Å². The van der Waals surface area contributed by atoms with E-state index in [9.17, 15) is 35.1 Å². The highest BCUT2D eigenvalue weighted by Crippen LogP contribution is 2.40. The number of hydrogen-bond donors (Lipinski definition) is 0. The smallest absolute Gasteiger partial charge is 0.211 e. The second kappa shape index (κ2) is 7.07. The summed E-state index contributed by atoms with van der Waals surface area (Å²) >= 11 is 0. The van der Waals surface area contributed by atoms with Crippen LogP contribution in [0.3, 0.4) is 0 Å². The van der Waals surface area contributed by atoms with E-state index in [2.05, 4.69) is 0 Å². The van der Waals surface area contributed by atoms with E-state index in [0.717, 1.165) is 12.1 Å². The first-order valence-corrected chi connectivity index (χ1v) is 8.08. The number of benzene rings is 1. The van der Waals surface area contributed by atoms with Gasteiger partial charge in [-0.1, -0.05) is 11.6 Å². The zero-order valence-corrected chi connectivity index (χ0v) is 14.3. The van der Waals surface area contributed by atoms with Crippen molar-refractivity contribution in [2.24, 2.45) is 0 Å². The minimum atomic E-state index is -5.27. The molecular weight excluding hydrogens is 392 g/mol. The molecule has 0 bridgehead atoms. The maximum Gasteiger partial charge on any atom is 0.421 e. The van der Waals surface area contributed by atoms with Crippen LogP contribution in [0.5, 0.6) is 0 Å². The van der Waals surface area contributed by atoms with E-state index in [-0.39, 0.29) is 23.3 Å².